The van der Waals surface area contributed by atoms with Crippen molar-refractivity contribution in [3.05, 3.63) is 59.2 Å². The number of rotatable bonds is 5. The maximum absolute atomic E-state index is 15.6. The van der Waals surface area contributed by atoms with Crippen molar-refractivity contribution >= 4 is 17.6 Å². The smallest absolute Gasteiger partial charge is 0.290 e. The van der Waals surface area contributed by atoms with Crippen molar-refractivity contribution in [2.75, 3.05) is 5.32 Å². The predicted molar refractivity (Wildman–Crippen MR) is 113 cm³/mol. The lowest BCUT2D eigenvalue weighted by Crippen LogP contribution is -2.57. The number of ether oxygens (including phenoxy) is 1. The van der Waals surface area contributed by atoms with Crippen molar-refractivity contribution in [1.29, 1.82) is 5.26 Å². The van der Waals surface area contributed by atoms with Gasteiger partial charge in [0, 0.05) is 23.4 Å². The van der Waals surface area contributed by atoms with E-state index in [-0.39, 0.29) is 29.8 Å². The molecule has 1 fully saturated rings. The minimum absolute atomic E-state index is 0.0276. The summed E-state index contributed by atoms with van der Waals surface area (Å²) in [5, 5.41) is 11.3. The number of anilines is 1. The number of nitrogens with two attached hydrogens (primary N) is 1. The SMILES string of the molecule is C#CC1(c2cc(NC(=O)c3ccc(C#N)cn3)ccc2F)N=C(N)OC(C(F)(F)C2CC2)C1F. The molecule has 0 radical (unpaired) electrons. The van der Waals surface area contributed by atoms with E-state index in [0.29, 0.717) is 0 Å². The molecular formula is C23H17F4N5O2. The number of carbonyl (C=O) groups is 1. The molecule has 11 heteroatoms. The Balaban J connectivity index is 1.70. The first-order chi connectivity index (χ1) is 16.1. The number of halogens is 4. The topological polar surface area (TPSA) is 113 Å². The third kappa shape index (κ3) is 3.90. The van der Waals surface area contributed by atoms with Gasteiger partial charge in [0.15, 0.2) is 11.7 Å². The number of hydrogen-bond acceptors (Lipinski definition) is 6. The second-order valence-corrected chi connectivity index (χ2v) is 7.94. The van der Waals surface area contributed by atoms with E-state index in [2.05, 4.69) is 15.3 Å². The highest BCUT2D eigenvalue weighted by molar-refractivity contribution is 6.02. The highest BCUT2D eigenvalue weighted by Crippen LogP contribution is 2.51. The molecule has 34 heavy (non-hydrogen) atoms. The number of aliphatic imine (C=N–C) groups is 1. The summed E-state index contributed by atoms with van der Waals surface area (Å²) in [5.74, 6) is -4.48. The number of nitrogens with zero attached hydrogens (tertiary/aromatic N) is 3. The number of benzene rings is 1. The number of hydrogen-bond donors (Lipinski definition) is 2. The molecule has 2 aliphatic rings. The predicted octanol–water partition coefficient (Wildman–Crippen LogP) is 3.27. The number of amidine groups is 1. The van der Waals surface area contributed by atoms with Crippen LogP contribution in [0.15, 0.2) is 41.5 Å². The molecule has 2 aromatic rings. The molecule has 1 amide bonds. The van der Waals surface area contributed by atoms with Crippen LogP contribution < -0.4 is 11.1 Å². The molecule has 3 unspecified atom stereocenters. The van der Waals surface area contributed by atoms with Crippen LogP contribution in [-0.4, -0.2) is 35.1 Å². The third-order valence-electron chi connectivity index (χ3n) is 5.68. The van der Waals surface area contributed by atoms with Crippen LogP contribution in [0.2, 0.25) is 0 Å². The number of terminal acetylenes is 1. The molecule has 1 saturated carbocycles. The van der Waals surface area contributed by atoms with Crippen LogP contribution in [0.5, 0.6) is 0 Å². The Labute approximate surface area is 191 Å². The van der Waals surface area contributed by atoms with Gasteiger partial charge in [-0.1, -0.05) is 5.92 Å². The summed E-state index contributed by atoms with van der Waals surface area (Å²) in [7, 11) is 0. The Morgan fingerprint density at radius 2 is 2.06 bits per heavy atom. The fraction of sp³-hybridized carbons (Fsp3) is 0.304. The molecule has 174 valence electrons. The van der Waals surface area contributed by atoms with Crippen LogP contribution in [0.1, 0.15) is 34.5 Å². The second kappa shape index (κ2) is 8.34. The number of aromatic nitrogens is 1. The number of nitriles is 1. The average molecular weight is 471 g/mol. The van der Waals surface area contributed by atoms with Gasteiger partial charge in [-0.25, -0.2) is 27.5 Å². The Morgan fingerprint density at radius 3 is 2.65 bits per heavy atom. The Kier molecular flexibility index (Phi) is 5.65. The summed E-state index contributed by atoms with van der Waals surface area (Å²) in [6.07, 6.45) is 2.06. The van der Waals surface area contributed by atoms with Crippen LogP contribution in [0, 0.1) is 35.4 Å². The molecule has 1 aliphatic carbocycles. The van der Waals surface area contributed by atoms with Crippen molar-refractivity contribution < 1.29 is 27.1 Å². The normalized spacial score (nSPS) is 24.2. The molecule has 7 nitrogen and oxygen atoms in total. The first kappa shape index (κ1) is 23.1. The van der Waals surface area contributed by atoms with Gasteiger partial charge in [-0.05, 0) is 43.2 Å². The Hall–Kier alpha value is -4.12. The molecule has 4 rings (SSSR count). The molecule has 1 aromatic heterocycles. The van der Waals surface area contributed by atoms with E-state index in [9.17, 15) is 18.0 Å². The Morgan fingerprint density at radius 1 is 1.32 bits per heavy atom. The van der Waals surface area contributed by atoms with Crippen LogP contribution in [0.4, 0.5) is 23.2 Å². The molecule has 1 aliphatic heterocycles. The van der Waals surface area contributed by atoms with Crippen molar-refractivity contribution in [3.63, 3.8) is 0 Å². The maximum atomic E-state index is 15.6. The van der Waals surface area contributed by atoms with Crippen LogP contribution in [0.3, 0.4) is 0 Å². The first-order valence-electron chi connectivity index (χ1n) is 10.1. The largest absolute Gasteiger partial charge is 0.452 e. The fourth-order valence-corrected chi connectivity index (χ4v) is 3.73. The van der Waals surface area contributed by atoms with E-state index in [1.165, 1.54) is 24.4 Å². The molecule has 2 heterocycles. The van der Waals surface area contributed by atoms with Gasteiger partial charge >= 0.3 is 0 Å². The van der Waals surface area contributed by atoms with Gasteiger partial charge in [-0.3, -0.25) is 4.79 Å². The summed E-state index contributed by atoms with van der Waals surface area (Å²) < 4.78 is 64.9. The summed E-state index contributed by atoms with van der Waals surface area (Å²) in [4.78, 5) is 20.1. The quantitative estimate of drug-likeness (QED) is 0.513. The van der Waals surface area contributed by atoms with Gasteiger partial charge in [0.2, 0.25) is 6.10 Å². The molecule has 3 N–H and O–H groups in total. The molecule has 0 saturated heterocycles. The van der Waals surface area contributed by atoms with Gasteiger partial charge in [-0.15, -0.1) is 6.42 Å². The zero-order valence-electron chi connectivity index (χ0n) is 17.4. The van der Waals surface area contributed by atoms with Crippen molar-refractivity contribution in [2.45, 2.75) is 36.6 Å². The molecule has 1 aromatic carbocycles. The van der Waals surface area contributed by atoms with Crippen molar-refractivity contribution in [3.8, 4) is 18.4 Å². The van der Waals surface area contributed by atoms with E-state index in [1.54, 1.807) is 0 Å². The van der Waals surface area contributed by atoms with Crippen molar-refractivity contribution in [2.24, 2.45) is 16.6 Å². The highest BCUT2D eigenvalue weighted by atomic mass is 19.3. The van der Waals surface area contributed by atoms with Crippen LogP contribution in [-0.2, 0) is 10.3 Å². The van der Waals surface area contributed by atoms with E-state index < -0.39 is 53.0 Å². The minimum atomic E-state index is -3.61. The number of nitrogens with one attached hydrogen (secondary N) is 1. The molecule has 3 atom stereocenters. The van der Waals surface area contributed by atoms with E-state index in [4.69, 9.17) is 22.2 Å². The van der Waals surface area contributed by atoms with E-state index >= 15 is 4.39 Å². The molecular weight excluding hydrogens is 454 g/mol. The van der Waals surface area contributed by atoms with Gasteiger partial charge in [-0.2, -0.15) is 5.26 Å². The summed E-state index contributed by atoms with van der Waals surface area (Å²) in [6.45, 7) is 0. The number of carbonyl (C=O) groups excluding carboxylic acids is 1. The molecule has 0 spiro atoms. The summed E-state index contributed by atoms with van der Waals surface area (Å²) >= 11 is 0. The maximum Gasteiger partial charge on any atom is 0.290 e. The zero-order chi connectivity index (χ0) is 24.7. The number of amides is 1. The average Bonchev–Trinajstić information content (AvgIpc) is 3.68. The molecule has 0 bridgehead atoms. The van der Waals surface area contributed by atoms with Gasteiger partial charge in [0.25, 0.3) is 17.9 Å². The number of pyridine rings is 1. The van der Waals surface area contributed by atoms with E-state index in [1.807, 2.05) is 12.0 Å². The lowest BCUT2D eigenvalue weighted by atomic mass is 9.80. The standard InChI is InChI=1S/C23H17F4N5O2/c1-2-22(18(25)19(34-21(29)32-22)23(26,27)13-4-5-13)15-9-14(6-7-16(15)24)31-20(33)17-8-3-12(10-28)11-30-17/h1,3,6-9,11,13,18-19H,4-5H2,(H2,29,32)(H,31,33). The van der Waals surface area contributed by atoms with Crippen molar-refractivity contribution in [1.82, 2.24) is 4.98 Å². The monoisotopic (exact) mass is 471 g/mol. The number of alkyl halides is 3. The fourth-order valence-electron chi connectivity index (χ4n) is 3.73. The lowest BCUT2D eigenvalue weighted by molar-refractivity contribution is -0.158. The first-order valence-corrected chi connectivity index (χ1v) is 10.1. The van der Waals surface area contributed by atoms with Crippen LogP contribution >= 0.6 is 0 Å². The van der Waals surface area contributed by atoms with Gasteiger partial charge in [0.1, 0.15) is 17.6 Å². The lowest BCUT2D eigenvalue weighted by Gasteiger charge is -2.40. The zero-order valence-corrected chi connectivity index (χ0v) is 17.4. The highest BCUT2D eigenvalue weighted by Gasteiger charge is 2.63. The third-order valence-corrected chi connectivity index (χ3v) is 5.68. The second-order valence-electron chi connectivity index (χ2n) is 7.94. The summed E-state index contributed by atoms with van der Waals surface area (Å²) in [6, 6.07) is 6.79. The summed E-state index contributed by atoms with van der Waals surface area (Å²) in [5.41, 5.74) is 2.59. The minimum Gasteiger partial charge on any atom is -0.452 e. The van der Waals surface area contributed by atoms with E-state index in [0.717, 1.165) is 12.1 Å². The Bertz CT molecular complexity index is 1250. The van der Waals surface area contributed by atoms with Gasteiger partial charge in [0.05, 0.1) is 5.56 Å². The van der Waals surface area contributed by atoms with Crippen LogP contribution in [0.25, 0.3) is 0 Å². The van der Waals surface area contributed by atoms with Gasteiger partial charge < -0.3 is 15.8 Å².